The standard InChI is InChI=1S/C16H28N4/c1-15(2)11-14(19-9-5-7-17)12-16(3,13-15)20(4)10-6-8-18/h14,19H,5-6,9-13H2,1-4H3. The maximum Gasteiger partial charge on any atom is 0.0635 e. The summed E-state index contributed by atoms with van der Waals surface area (Å²) < 4.78 is 0. The fraction of sp³-hybridized carbons (Fsp3) is 0.875. The number of hydrogen-bond donors (Lipinski definition) is 1. The molecule has 2 atom stereocenters. The van der Waals surface area contributed by atoms with Crippen LogP contribution >= 0.6 is 0 Å². The number of nitriles is 2. The van der Waals surface area contributed by atoms with Crippen LogP contribution in [0.1, 0.15) is 52.9 Å². The van der Waals surface area contributed by atoms with Gasteiger partial charge in [-0.15, -0.1) is 0 Å². The van der Waals surface area contributed by atoms with E-state index < -0.39 is 0 Å². The molecule has 20 heavy (non-hydrogen) atoms. The van der Waals surface area contributed by atoms with Crippen LogP contribution in [0.4, 0.5) is 0 Å². The number of hydrogen-bond acceptors (Lipinski definition) is 4. The smallest absolute Gasteiger partial charge is 0.0635 e. The highest BCUT2D eigenvalue weighted by Crippen LogP contribution is 2.43. The first-order valence-electron chi connectivity index (χ1n) is 7.51. The summed E-state index contributed by atoms with van der Waals surface area (Å²) in [5.41, 5.74) is 0.418. The highest BCUT2D eigenvalue weighted by atomic mass is 15.2. The molecule has 1 saturated carbocycles. The summed E-state index contributed by atoms with van der Waals surface area (Å²) in [5.74, 6) is 0. The summed E-state index contributed by atoms with van der Waals surface area (Å²) >= 11 is 0. The van der Waals surface area contributed by atoms with E-state index in [1.54, 1.807) is 0 Å². The van der Waals surface area contributed by atoms with Crippen LogP contribution in [0.15, 0.2) is 0 Å². The van der Waals surface area contributed by atoms with Gasteiger partial charge in [-0.3, -0.25) is 4.90 Å². The van der Waals surface area contributed by atoms with Gasteiger partial charge in [-0.05, 0) is 38.6 Å². The second kappa shape index (κ2) is 7.07. The Bertz CT molecular complexity index is 390. The van der Waals surface area contributed by atoms with Crippen molar-refractivity contribution < 1.29 is 0 Å². The van der Waals surface area contributed by atoms with Crippen molar-refractivity contribution in [2.45, 2.75) is 64.5 Å². The van der Waals surface area contributed by atoms with Crippen molar-refractivity contribution in [3.8, 4) is 12.1 Å². The molecule has 0 aliphatic heterocycles. The first-order chi connectivity index (χ1) is 9.33. The Morgan fingerprint density at radius 3 is 2.40 bits per heavy atom. The summed E-state index contributed by atoms with van der Waals surface area (Å²) in [5, 5.41) is 21.0. The van der Waals surface area contributed by atoms with E-state index >= 15 is 0 Å². The summed E-state index contributed by atoms with van der Waals surface area (Å²) in [6.45, 7) is 8.55. The van der Waals surface area contributed by atoms with Crippen molar-refractivity contribution in [1.82, 2.24) is 10.2 Å². The molecule has 1 aliphatic rings. The van der Waals surface area contributed by atoms with Crippen molar-refractivity contribution in [3.63, 3.8) is 0 Å². The van der Waals surface area contributed by atoms with Gasteiger partial charge in [0.05, 0.1) is 12.1 Å². The third-order valence-corrected chi connectivity index (χ3v) is 4.49. The van der Waals surface area contributed by atoms with Gasteiger partial charge < -0.3 is 5.32 Å². The van der Waals surface area contributed by atoms with E-state index in [1.165, 1.54) is 0 Å². The lowest BCUT2D eigenvalue weighted by Crippen LogP contribution is -2.56. The number of nitrogens with one attached hydrogen (secondary N) is 1. The molecule has 0 aromatic carbocycles. The zero-order valence-corrected chi connectivity index (χ0v) is 13.4. The highest BCUT2D eigenvalue weighted by Gasteiger charge is 2.43. The number of nitrogens with zero attached hydrogens (tertiary/aromatic N) is 3. The van der Waals surface area contributed by atoms with Crippen molar-refractivity contribution >= 4 is 0 Å². The lowest BCUT2D eigenvalue weighted by molar-refractivity contribution is 0.0193. The quantitative estimate of drug-likeness (QED) is 0.758. The van der Waals surface area contributed by atoms with E-state index in [4.69, 9.17) is 10.5 Å². The Morgan fingerprint density at radius 1 is 1.15 bits per heavy atom. The van der Waals surface area contributed by atoms with Gasteiger partial charge in [0.25, 0.3) is 0 Å². The van der Waals surface area contributed by atoms with E-state index in [1.807, 2.05) is 0 Å². The Balaban J connectivity index is 2.70. The molecule has 0 aromatic heterocycles. The normalized spacial score (nSPS) is 28.9. The molecule has 2 unspecified atom stereocenters. The first-order valence-corrected chi connectivity index (χ1v) is 7.51. The molecule has 112 valence electrons. The van der Waals surface area contributed by atoms with Gasteiger partial charge in [0, 0.05) is 37.5 Å². The monoisotopic (exact) mass is 276 g/mol. The van der Waals surface area contributed by atoms with Gasteiger partial charge in [0.15, 0.2) is 0 Å². The first kappa shape index (κ1) is 17.0. The summed E-state index contributed by atoms with van der Waals surface area (Å²) in [6, 6.07) is 4.89. The molecule has 0 aromatic rings. The molecule has 0 bridgehead atoms. The van der Waals surface area contributed by atoms with E-state index in [-0.39, 0.29) is 11.0 Å². The Morgan fingerprint density at radius 2 is 1.80 bits per heavy atom. The Hall–Kier alpha value is -1.10. The second-order valence-electron chi connectivity index (χ2n) is 7.14. The molecule has 0 spiro atoms. The maximum atomic E-state index is 8.78. The van der Waals surface area contributed by atoms with Gasteiger partial charge in [0.2, 0.25) is 0 Å². The fourth-order valence-corrected chi connectivity index (χ4v) is 3.70. The summed E-state index contributed by atoms with van der Waals surface area (Å²) in [7, 11) is 2.13. The van der Waals surface area contributed by atoms with Crippen molar-refractivity contribution in [3.05, 3.63) is 0 Å². The van der Waals surface area contributed by atoms with E-state index in [2.05, 4.69) is 50.2 Å². The molecule has 0 heterocycles. The minimum Gasteiger partial charge on any atom is -0.313 e. The van der Waals surface area contributed by atoms with Gasteiger partial charge in [-0.25, -0.2) is 0 Å². The van der Waals surface area contributed by atoms with Gasteiger partial charge in [-0.2, -0.15) is 10.5 Å². The second-order valence-corrected chi connectivity index (χ2v) is 7.14. The predicted octanol–water partition coefficient (Wildman–Crippen LogP) is 2.67. The molecular formula is C16H28N4. The van der Waals surface area contributed by atoms with E-state index in [9.17, 15) is 0 Å². The van der Waals surface area contributed by atoms with Crippen LogP contribution < -0.4 is 5.32 Å². The molecule has 0 radical (unpaired) electrons. The largest absolute Gasteiger partial charge is 0.313 e. The molecule has 1 N–H and O–H groups in total. The minimum atomic E-state index is 0.128. The van der Waals surface area contributed by atoms with Crippen LogP contribution in [0.25, 0.3) is 0 Å². The predicted molar refractivity (Wildman–Crippen MR) is 80.9 cm³/mol. The zero-order chi connectivity index (χ0) is 15.2. The molecule has 1 aliphatic carbocycles. The number of rotatable bonds is 6. The van der Waals surface area contributed by atoms with Gasteiger partial charge in [0.1, 0.15) is 0 Å². The topological polar surface area (TPSA) is 62.9 Å². The van der Waals surface area contributed by atoms with Crippen LogP contribution in [-0.2, 0) is 0 Å². The van der Waals surface area contributed by atoms with Crippen molar-refractivity contribution in [2.75, 3.05) is 20.1 Å². The summed E-state index contributed by atoms with van der Waals surface area (Å²) in [4.78, 5) is 2.34. The average molecular weight is 276 g/mol. The Kier molecular flexibility index (Phi) is 5.99. The Labute approximate surface area is 123 Å². The van der Waals surface area contributed by atoms with Gasteiger partial charge in [-0.1, -0.05) is 13.8 Å². The molecule has 4 nitrogen and oxygen atoms in total. The zero-order valence-electron chi connectivity index (χ0n) is 13.4. The molecule has 0 saturated heterocycles. The van der Waals surface area contributed by atoms with Crippen LogP contribution in [0.3, 0.4) is 0 Å². The van der Waals surface area contributed by atoms with Crippen molar-refractivity contribution in [1.29, 1.82) is 10.5 Å². The third kappa shape index (κ3) is 4.78. The molecule has 1 rings (SSSR count). The van der Waals surface area contributed by atoms with E-state index in [0.717, 1.165) is 32.4 Å². The molecule has 4 heteroatoms. The van der Waals surface area contributed by atoms with Crippen LogP contribution in [0.5, 0.6) is 0 Å². The fourth-order valence-electron chi connectivity index (χ4n) is 3.70. The average Bonchev–Trinajstić information content (AvgIpc) is 2.34. The molecule has 0 amide bonds. The molecular weight excluding hydrogens is 248 g/mol. The molecule has 1 fully saturated rings. The third-order valence-electron chi connectivity index (χ3n) is 4.49. The lowest BCUT2D eigenvalue weighted by atomic mass is 9.66. The maximum absolute atomic E-state index is 8.78. The van der Waals surface area contributed by atoms with Crippen molar-refractivity contribution in [2.24, 2.45) is 5.41 Å². The van der Waals surface area contributed by atoms with Crippen LogP contribution in [0.2, 0.25) is 0 Å². The van der Waals surface area contributed by atoms with Crippen LogP contribution in [0, 0.1) is 28.1 Å². The minimum absolute atomic E-state index is 0.128. The van der Waals surface area contributed by atoms with Gasteiger partial charge >= 0.3 is 0 Å². The summed E-state index contributed by atoms with van der Waals surface area (Å²) in [6.07, 6.45) is 4.54. The SMILES string of the molecule is CN(CCC#N)C1(C)CC(NCCC#N)CC(C)(C)C1. The van der Waals surface area contributed by atoms with Crippen LogP contribution in [-0.4, -0.2) is 36.6 Å². The van der Waals surface area contributed by atoms with E-state index in [0.29, 0.717) is 18.9 Å². The lowest BCUT2D eigenvalue weighted by Gasteiger charge is -2.51. The highest BCUT2D eigenvalue weighted by molar-refractivity contribution is 5.00.